The molecule has 9 heteroatoms. The molecule has 0 spiro atoms. The molecule has 7 nitrogen and oxygen atoms in total. The zero-order valence-corrected chi connectivity index (χ0v) is 12.8. The van der Waals surface area contributed by atoms with Crippen LogP contribution in [-0.2, 0) is 7.05 Å². The van der Waals surface area contributed by atoms with Crippen molar-refractivity contribution in [1.29, 1.82) is 0 Å². The summed E-state index contributed by atoms with van der Waals surface area (Å²) in [5.74, 6) is 0.182. The summed E-state index contributed by atoms with van der Waals surface area (Å²) in [7, 11) is 1.80. The molecule has 0 aliphatic heterocycles. The Bertz CT molecular complexity index is 849. The van der Waals surface area contributed by atoms with Gasteiger partial charge in [-0.2, -0.15) is 5.10 Å². The third-order valence-corrected chi connectivity index (χ3v) is 3.23. The Labute approximate surface area is 136 Å². The van der Waals surface area contributed by atoms with E-state index in [0.717, 1.165) is 5.69 Å². The van der Waals surface area contributed by atoms with Crippen molar-refractivity contribution in [2.45, 2.75) is 0 Å². The molecule has 1 aromatic carbocycles. The Morgan fingerprint density at radius 2 is 2.09 bits per heavy atom. The minimum absolute atomic E-state index is 0.114. The fourth-order valence-electron chi connectivity index (χ4n) is 1.91. The van der Waals surface area contributed by atoms with Gasteiger partial charge in [0.25, 0.3) is 0 Å². The zero-order chi connectivity index (χ0) is 16.4. The first kappa shape index (κ1) is 15.0. The molecule has 3 aromatic rings. The lowest BCUT2D eigenvalue weighted by Gasteiger charge is -2.10. The monoisotopic (exact) mass is 333 g/mol. The Kier molecular flexibility index (Phi) is 3.98. The van der Waals surface area contributed by atoms with Gasteiger partial charge < -0.3 is 16.4 Å². The molecule has 3 rings (SSSR count). The molecular weight excluding hydrogens is 321 g/mol. The Morgan fingerprint density at radius 3 is 2.83 bits per heavy atom. The molecule has 0 amide bonds. The van der Waals surface area contributed by atoms with E-state index in [9.17, 15) is 4.39 Å². The predicted molar refractivity (Wildman–Crippen MR) is 87.6 cm³/mol. The first-order valence-corrected chi connectivity index (χ1v) is 6.99. The van der Waals surface area contributed by atoms with Crippen molar-refractivity contribution in [2.24, 2.45) is 7.05 Å². The number of halogens is 2. The molecule has 0 saturated heterocycles. The fraction of sp³-hybridized carbons (Fsp3) is 0.0714. The van der Waals surface area contributed by atoms with Gasteiger partial charge in [-0.3, -0.25) is 4.68 Å². The van der Waals surface area contributed by atoms with Crippen LogP contribution in [0, 0.1) is 5.82 Å². The number of aromatic nitrogens is 4. The quantitative estimate of drug-likeness (QED) is 0.635. The van der Waals surface area contributed by atoms with Crippen LogP contribution < -0.4 is 16.4 Å². The molecule has 0 aliphatic rings. The highest BCUT2D eigenvalue weighted by Crippen LogP contribution is 2.26. The normalized spacial score (nSPS) is 10.6. The summed E-state index contributed by atoms with van der Waals surface area (Å²) in [5.41, 5.74) is 6.98. The first-order valence-electron chi connectivity index (χ1n) is 6.61. The van der Waals surface area contributed by atoms with Crippen LogP contribution in [0.4, 0.5) is 33.1 Å². The van der Waals surface area contributed by atoms with E-state index < -0.39 is 5.82 Å². The van der Waals surface area contributed by atoms with Crippen LogP contribution in [0.3, 0.4) is 0 Å². The van der Waals surface area contributed by atoms with E-state index in [0.29, 0.717) is 11.5 Å². The highest BCUT2D eigenvalue weighted by Gasteiger charge is 2.10. The summed E-state index contributed by atoms with van der Waals surface area (Å²) >= 11 is 6.01. The van der Waals surface area contributed by atoms with E-state index in [1.165, 1.54) is 24.4 Å². The molecule has 0 saturated carbocycles. The number of nitrogens with two attached hydrogens (primary N) is 1. The van der Waals surface area contributed by atoms with Gasteiger partial charge in [0.2, 0.25) is 0 Å². The number of hydrogen-bond donors (Lipinski definition) is 3. The van der Waals surface area contributed by atoms with Crippen molar-refractivity contribution in [3.8, 4) is 0 Å². The van der Waals surface area contributed by atoms with Gasteiger partial charge in [-0.1, -0.05) is 11.6 Å². The highest BCUT2D eigenvalue weighted by molar-refractivity contribution is 6.31. The molecule has 0 aliphatic carbocycles. The molecule has 4 N–H and O–H groups in total. The molecule has 2 heterocycles. The third-order valence-electron chi connectivity index (χ3n) is 2.95. The van der Waals surface area contributed by atoms with Crippen LogP contribution in [0.25, 0.3) is 0 Å². The van der Waals surface area contributed by atoms with E-state index in [1.807, 2.05) is 0 Å². The lowest BCUT2D eigenvalue weighted by atomic mass is 10.2. The molecular formula is C14H13ClFN7. The second-order valence-electron chi connectivity index (χ2n) is 4.79. The second-order valence-corrected chi connectivity index (χ2v) is 5.14. The Hall–Kier alpha value is -2.87. The van der Waals surface area contributed by atoms with Gasteiger partial charge in [-0.25, -0.2) is 14.4 Å². The topological polar surface area (TPSA) is 93.7 Å². The summed E-state index contributed by atoms with van der Waals surface area (Å²) in [5, 5.41) is 9.98. The van der Waals surface area contributed by atoms with Crippen LogP contribution in [0.1, 0.15) is 0 Å². The average Bonchev–Trinajstić information content (AvgIpc) is 2.91. The molecule has 118 valence electrons. The Morgan fingerprint density at radius 1 is 1.26 bits per heavy atom. The van der Waals surface area contributed by atoms with Crippen molar-refractivity contribution in [1.82, 2.24) is 19.7 Å². The van der Waals surface area contributed by atoms with Gasteiger partial charge >= 0.3 is 0 Å². The van der Waals surface area contributed by atoms with Gasteiger partial charge in [0.05, 0.1) is 23.8 Å². The maximum Gasteiger partial charge on any atom is 0.171 e. The van der Waals surface area contributed by atoms with Crippen molar-refractivity contribution in [2.75, 3.05) is 16.4 Å². The van der Waals surface area contributed by atoms with Crippen LogP contribution in [0.15, 0.2) is 36.8 Å². The number of hydrogen-bond acceptors (Lipinski definition) is 6. The van der Waals surface area contributed by atoms with E-state index in [4.69, 9.17) is 17.3 Å². The standard InChI is InChI=1S/C14H13ClFN7/c1-23-7-9(5-19-23)20-12-6-18-13(15)14(22-12)21-11-4-8(17)2-3-10(11)16/h2-7H,17H2,1H3,(H2,20,21,22). The number of aryl methyl sites for hydroxylation is 1. The second kappa shape index (κ2) is 6.09. The minimum atomic E-state index is -0.470. The summed E-state index contributed by atoms with van der Waals surface area (Å²) in [6, 6.07) is 4.18. The van der Waals surface area contributed by atoms with Crippen LogP contribution >= 0.6 is 11.6 Å². The van der Waals surface area contributed by atoms with Gasteiger partial charge in [-0.05, 0) is 18.2 Å². The third kappa shape index (κ3) is 3.49. The van der Waals surface area contributed by atoms with Crippen molar-refractivity contribution in [3.05, 3.63) is 47.8 Å². The lowest BCUT2D eigenvalue weighted by molar-refractivity contribution is 0.632. The zero-order valence-electron chi connectivity index (χ0n) is 12.1. The number of nitrogen functional groups attached to an aromatic ring is 1. The summed E-state index contributed by atoms with van der Waals surface area (Å²) < 4.78 is 15.4. The maximum absolute atomic E-state index is 13.8. The molecule has 0 fully saturated rings. The SMILES string of the molecule is Cn1cc(Nc2cnc(Cl)c(Nc3cc(N)ccc3F)n2)cn1. The van der Waals surface area contributed by atoms with E-state index in [1.54, 1.807) is 24.1 Å². The van der Waals surface area contributed by atoms with E-state index in [2.05, 4.69) is 25.7 Å². The van der Waals surface area contributed by atoms with Gasteiger partial charge in [0.15, 0.2) is 16.8 Å². The van der Waals surface area contributed by atoms with Crippen molar-refractivity contribution in [3.63, 3.8) is 0 Å². The summed E-state index contributed by atoms with van der Waals surface area (Å²) in [4.78, 5) is 8.31. The molecule has 23 heavy (non-hydrogen) atoms. The Balaban J connectivity index is 1.87. The van der Waals surface area contributed by atoms with Crippen LogP contribution in [-0.4, -0.2) is 19.7 Å². The molecule has 0 atom stereocenters. The largest absolute Gasteiger partial charge is 0.399 e. The first-order chi connectivity index (χ1) is 11.0. The van der Waals surface area contributed by atoms with E-state index >= 15 is 0 Å². The minimum Gasteiger partial charge on any atom is -0.399 e. The smallest absolute Gasteiger partial charge is 0.171 e. The van der Waals surface area contributed by atoms with E-state index in [-0.39, 0.29) is 16.7 Å². The van der Waals surface area contributed by atoms with Gasteiger partial charge in [-0.15, -0.1) is 0 Å². The summed E-state index contributed by atoms with van der Waals surface area (Å²) in [6.45, 7) is 0. The molecule has 2 aromatic heterocycles. The van der Waals surface area contributed by atoms with Gasteiger partial charge in [0, 0.05) is 18.9 Å². The van der Waals surface area contributed by atoms with Crippen LogP contribution in [0.5, 0.6) is 0 Å². The van der Waals surface area contributed by atoms with Crippen molar-refractivity contribution < 1.29 is 4.39 Å². The van der Waals surface area contributed by atoms with Crippen LogP contribution in [0.2, 0.25) is 5.15 Å². The van der Waals surface area contributed by atoms with Gasteiger partial charge in [0.1, 0.15) is 5.82 Å². The lowest BCUT2D eigenvalue weighted by Crippen LogP contribution is -2.02. The number of benzene rings is 1. The van der Waals surface area contributed by atoms with Crippen molar-refractivity contribution >= 4 is 40.3 Å². The number of nitrogens with one attached hydrogen (secondary N) is 2. The molecule has 0 bridgehead atoms. The number of rotatable bonds is 4. The fourth-order valence-corrected chi connectivity index (χ4v) is 2.05. The molecule has 0 unspecified atom stereocenters. The number of anilines is 5. The predicted octanol–water partition coefficient (Wildman–Crippen LogP) is 3.07. The summed E-state index contributed by atoms with van der Waals surface area (Å²) in [6.07, 6.45) is 4.89. The molecule has 0 radical (unpaired) electrons. The average molecular weight is 334 g/mol. The highest BCUT2D eigenvalue weighted by atomic mass is 35.5. The maximum atomic E-state index is 13.8. The number of nitrogens with zero attached hydrogens (tertiary/aromatic N) is 4.